The van der Waals surface area contributed by atoms with Crippen LogP contribution in [0.3, 0.4) is 0 Å². The van der Waals surface area contributed by atoms with Crippen LogP contribution < -0.4 is 4.74 Å². The quantitative estimate of drug-likeness (QED) is 0.366. The minimum absolute atomic E-state index is 0.0300. The SMILES string of the molecule is O=[N+]([O-])c1ccc(OCCCS)c(F)c1. The molecule has 0 aliphatic heterocycles. The molecule has 0 saturated carbocycles. The van der Waals surface area contributed by atoms with E-state index in [1.54, 1.807) is 0 Å². The summed E-state index contributed by atoms with van der Waals surface area (Å²) in [6.45, 7) is 0.345. The van der Waals surface area contributed by atoms with Crippen molar-refractivity contribution in [3.63, 3.8) is 0 Å². The van der Waals surface area contributed by atoms with Crippen molar-refractivity contribution in [2.24, 2.45) is 0 Å². The predicted octanol–water partition coefficient (Wildman–Crippen LogP) is 2.43. The van der Waals surface area contributed by atoms with E-state index in [2.05, 4.69) is 12.6 Å². The first-order chi connectivity index (χ1) is 7.15. The molecule has 0 unspecified atom stereocenters. The van der Waals surface area contributed by atoms with Crippen LogP contribution in [0.15, 0.2) is 18.2 Å². The monoisotopic (exact) mass is 231 g/mol. The molecule has 0 bridgehead atoms. The summed E-state index contributed by atoms with van der Waals surface area (Å²) < 4.78 is 18.3. The van der Waals surface area contributed by atoms with E-state index in [4.69, 9.17) is 4.74 Å². The topological polar surface area (TPSA) is 52.4 Å². The number of thiol groups is 1. The minimum atomic E-state index is -0.719. The largest absolute Gasteiger partial charge is 0.490 e. The molecular formula is C9H10FNO3S. The normalized spacial score (nSPS) is 10.0. The maximum Gasteiger partial charge on any atom is 0.272 e. The molecule has 0 heterocycles. The van der Waals surface area contributed by atoms with E-state index in [1.807, 2.05) is 0 Å². The van der Waals surface area contributed by atoms with Crippen molar-refractivity contribution in [3.05, 3.63) is 34.1 Å². The molecule has 0 N–H and O–H groups in total. The Morgan fingerprint density at radius 2 is 2.27 bits per heavy atom. The number of benzene rings is 1. The summed E-state index contributed by atoms with van der Waals surface area (Å²) in [6.07, 6.45) is 0.694. The third-order valence-corrected chi connectivity index (χ3v) is 2.00. The molecule has 15 heavy (non-hydrogen) atoms. The molecule has 0 spiro atoms. The smallest absolute Gasteiger partial charge is 0.272 e. The fraction of sp³-hybridized carbons (Fsp3) is 0.333. The summed E-state index contributed by atoms with van der Waals surface area (Å²) in [5.41, 5.74) is -0.283. The molecule has 82 valence electrons. The van der Waals surface area contributed by atoms with Gasteiger partial charge in [0.2, 0.25) is 0 Å². The van der Waals surface area contributed by atoms with Crippen LogP contribution in [0, 0.1) is 15.9 Å². The molecule has 0 fully saturated rings. The second-order valence-electron chi connectivity index (χ2n) is 2.80. The van der Waals surface area contributed by atoms with Crippen LogP contribution in [0.5, 0.6) is 5.75 Å². The van der Waals surface area contributed by atoms with Gasteiger partial charge in [0.1, 0.15) is 0 Å². The lowest BCUT2D eigenvalue weighted by atomic mass is 10.3. The molecule has 0 saturated heterocycles. The predicted molar refractivity (Wildman–Crippen MR) is 57.0 cm³/mol. The highest BCUT2D eigenvalue weighted by molar-refractivity contribution is 7.80. The van der Waals surface area contributed by atoms with E-state index in [9.17, 15) is 14.5 Å². The lowest BCUT2D eigenvalue weighted by molar-refractivity contribution is -0.385. The van der Waals surface area contributed by atoms with Crippen molar-refractivity contribution in [2.45, 2.75) is 6.42 Å². The Labute approximate surface area is 91.6 Å². The lowest BCUT2D eigenvalue weighted by Gasteiger charge is -2.05. The second-order valence-corrected chi connectivity index (χ2v) is 3.24. The Hall–Kier alpha value is -1.30. The lowest BCUT2D eigenvalue weighted by Crippen LogP contribution is -2.00. The summed E-state index contributed by atoms with van der Waals surface area (Å²) in [4.78, 5) is 9.66. The van der Waals surface area contributed by atoms with Gasteiger partial charge in [-0.05, 0) is 18.2 Å². The molecule has 6 heteroatoms. The number of hydrogen-bond donors (Lipinski definition) is 1. The van der Waals surface area contributed by atoms with Gasteiger partial charge in [-0.15, -0.1) is 0 Å². The highest BCUT2D eigenvalue weighted by Gasteiger charge is 2.10. The Kier molecular flexibility index (Phi) is 4.36. The van der Waals surface area contributed by atoms with Gasteiger partial charge in [0.15, 0.2) is 11.6 Å². The first kappa shape index (κ1) is 11.8. The maximum atomic E-state index is 13.2. The number of nitro groups is 1. The summed E-state index contributed by atoms with van der Waals surface area (Å²) in [7, 11) is 0. The number of non-ortho nitro benzene ring substituents is 1. The van der Waals surface area contributed by atoms with Gasteiger partial charge < -0.3 is 4.74 Å². The Balaban J connectivity index is 2.70. The summed E-state index contributed by atoms with van der Waals surface area (Å²) >= 11 is 3.97. The zero-order valence-electron chi connectivity index (χ0n) is 7.85. The first-order valence-corrected chi connectivity index (χ1v) is 4.96. The number of nitro benzene ring substituents is 1. The molecule has 0 radical (unpaired) electrons. The van der Waals surface area contributed by atoms with Gasteiger partial charge in [0.25, 0.3) is 5.69 Å². The number of nitrogens with zero attached hydrogens (tertiary/aromatic N) is 1. The van der Waals surface area contributed by atoms with E-state index in [0.717, 1.165) is 6.07 Å². The first-order valence-electron chi connectivity index (χ1n) is 4.32. The highest BCUT2D eigenvalue weighted by Crippen LogP contribution is 2.22. The zero-order valence-corrected chi connectivity index (χ0v) is 8.74. The average molecular weight is 231 g/mol. The molecule has 0 aliphatic rings. The Bertz CT molecular complexity index is 359. The summed E-state index contributed by atoms with van der Waals surface area (Å²) in [6, 6.07) is 3.31. The van der Waals surface area contributed by atoms with E-state index in [0.29, 0.717) is 18.8 Å². The standard InChI is InChI=1S/C9H10FNO3S/c10-8-6-7(11(12)13)2-3-9(8)14-4-1-5-15/h2-3,6,15H,1,4-5H2. The Morgan fingerprint density at radius 3 is 2.80 bits per heavy atom. The molecule has 0 atom stereocenters. The van der Waals surface area contributed by atoms with Gasteiger partial charge in [0.05, 0.1) is 17.6 Å². The summed E-state index contributed by atoms with van der Waals surface area (Å²) in [5, 5.41) is 10.3. The van der Waals surface area contributed by atoms with E-state index in [1.165, 1.54) is 12.1 Å². The molecule has 0 aliphatic carbocycles. The third-order valence-electron chi connectivity index (χ3n) is 1.69. The van der Waals surface area contributed by atoms with Crippen LogP contribution in [0.25, 0.3) is 0 Å². The highest BCUT2D eigenvalue weighted by atomic mass is 32.1. The fourth-order valence-corrected chi connectivity index (χ4v) is 1.10. The molecule has 0 amide bonds. The maximum absolute atomic E-state index is 13.2. The van der Waals surface area contributed by atoms with Crippen LogP contribution in [0.2, 0.25) is 0 Å². The molecule has 1 aromatic carbocycles. The number of ether oxygens (including phenoxy) is 1. The molecular weight excluding hydrogens is 221 g/mol. The van der Waals surface area contributed by atoms with E-state index in [-0.39, 0.29) is 11.4 Å². The van der Waals surface area contributed by atoms with Crippen molar-refractivity contribution < 1.29 is 14.1 Å². The molecule has 1 aromatic rings. The van der Waals surface area contributed by atoms with E-state index >= 15 is 0 Å². The minimum Gasteiger partial charge on any atom is -0.490 e. The van der Waals surface area contributed by atoms with Crippen molar-refractivity contribution in [1.29, 1.82) is 0 Å². The van der Waals surface area contributed by atoms with Gasteiger partial charge in [0, 0.05) is 6.07 Å². The van der Waals surface area contributed by atoms with Crippen LogP contribution in [0.1, 0.15) is 6.42 Å². The number of hydrogen-bond acceptors (Lipinski definition) is 4. The van der Waals surface area contributed by atoms with Crippen molar-refractivity contribution in [3.8, 4) is 5.75 Å². The van der Waals surface area contributed by atoms with Crippen LogP contribution in [-0.4, -0.2) is 17.3 Å². The van der Waals surface area contributed by atoms with Gasteiger partial charge in [-0.3, -0.25) is 10.1 Å². The van der Waals surface area contributed by atoms with Gasteiger partial charge in [-0.2, -0.15) is 12.6 Å². The zero-order chi connectivity index (χ0) is 11.3. The summed E-state index contributed by atoms with van der Waals surface area (Å²) in [5.74, 6) is -0.0417. The fourth-order valence-electron chi connectivity index (χ4n) is 0.967. The number of halogens is 1. The van der Waals surface area contributed by atoms with Crippen LogP contribution >= 0.6 is 12.6 Å². The Morgan fingerprint density at radius 1 is 1.53 bits per heavy atom. The van der Waals surface area contributed by atoms with Gasteiger partial charge >= 0.3 is 0 Å². The molecule has 1 rings (SSSR count). The van der Waals surface area contributed by atoms with Crippen LogP contribution in [0.4, 0.5) is 10.1 Å². The average Bonchev–Trinajstić information content (AvgIpc) is 2.20. The van der Waals surface area contributed by atoms with Crippen molar-refractivity contribution >= 4 is 18.3 Å². The van der Waals surface area contributed by atoms with Gasteiger partial charge in [-0.25, -0.2) is 4.39 Å². The number of rotatable bonds is 5. The van der Waals surface area contributed by atoms with Crippen molar-refractivity contribution in [2.75, 3.05) is 12.4 Å². The molecule has 4 nitrogen and oxygen atoms in total. The third kappa shape index (κ3) is 3.39. The van der Waals surface area contributed by atoms with Crippen LogP contribution in [-0.2, 0) is 0 Å². The second kappa shape index (κ2) is 5.55. The van der Waals surface area contributed by atoms with E-state index < -0.39 is 10.7 Å². The molecule has 0 aromatic heterocycles. The van der Waals surface area contributed by atoms with Gasteiger partial charge in [-0.1, -0.05) is 0 Å². The van der Waals surface area contributed by atoms with Crippen molar-refractivity contribution in [1.82, 2.24) is 0 Å².